The molecule has 0 saturated carbocycles. The lowest BCUT2D eigenvalue weighted by atomic mass is 10.4. The van der Waals surface area contributed by atoms with Gasteiger partial charge in [0.05, 0.1) is 19.3 Å². The number of methoxy groups -OCH3 is 1. The maximum Gasteiger partial charge on any atom is 0.354 e. The first kappa shape index (κ1) is 11.2. The zero-order chi connectivity index (χ0) is 11.4. The number of Topliss-reactive ketones (excluding diaryl/α,β-unsaturated/α-hetero) is 1. The quantitative estimate of drug-likeness (QED) is 0.540. The van der Waals surface area contributed by atoms with Gasteiger partial charge in [0.15, 0.2) is 6.29 Å². The summed E-state index contributed by atoms with van der Waals surface area (Å²) in [7, 11) is 1.24. The third-order valence-electron chi connectivity index (χ3n) is 1.91. The molecule has 0 N–H and O–H groups in total. The van der Waals surface area contributed by atoms with Crippen LogP contribution in [0.15, 0.2) is 12.1 Å². The van der Waals surface area contributed by atoms with Crippen LogP contribution in [0.25, 0.3) is 0 Å². The SMILES string of the molecule is COC(=O)c1ccc(C=O)n1CC(C)=O. The molecule has 0 aliphatic carbocycles. The summed E-state index contributed by atoms with van der Waals surface area (Å²) in [4.78, 5) is 32.9. The molecule has 0 unspecified atom stereocenters. The molecule has 0 aliphatic heterocycles. The van der Waals surface area contributed by atoms with E-state index in [1.807, 2.05) is 0 Å². The van der Waals surface area contributed by atoms with Crippen LogP contribution in [0.1, 0.15) is 27.9 Å². The molecule has 80 valence electrons. The van der Waals surface area contributed by atoms with Crippen LogP contribution in [0.3, 0.4) is 0 Å². The normalized spacial score (nSPS) is 9.73. The third kappa shape index (κ3) is 2.31. The van der Waals surface area contributed by atoms with E-state index in [-0.39, 0.29) is 23.7 Å². The van der Waals surface area contributed by atoms with E-state index in [1.54, 1.807) is 0 Å². The molecule has 1 aromatic heterocycles. The summed E-state index contributed by atoms with van der Waals surface area (Å²) < 4.78 is 5.86. The Kier molecular flexibility index (Phi) is 3.38. The molecular formula is C10H11NO4. The van der Waals surface area contributed by atoms with Crippen LogP contribution >= 0.6 is 0 Å². The molecule has 0 amide bonds. The average molecular weight is 209 g/mol. The molecule has 0 fully saturated rings. The first-order chi connectivity index (χ1) is 7.10. The fourth-order valence-corrected chi connectivity index (χ4v) is 1.27. The fourth-order valence-electron chi connectivity index (χ4n) is 1.27. The Hall–Kier alpha value is -1.91. The maximum absolute atomic E-state index is 11.3. The van der Waals surface area contributed by atoms with Gasteiger partial charge in [-0.1, -0.05) is 0 Å². The van der Waals surface area contributed by atoms with Gasteiger partial charge in [0, 0.05) is 0 Å². The standard InChI is InChI=1S/C10H11NO4/c1-7(13)5-11-8(6-12)3-4-9(11)10(14)15-2/h3-4,6H,5H2,1-2H3. The van der Waals surface area contributed by atoms with Gasteiger partial charge in [-0.15, -0.1) is 0 Å². The van der Waals surface area contributed by atoms with Gasteiger partial charge in [-0.2, -0.15) is 0 Å². The molecule has 0 atom stereocenters. The van der Waals surface area contributed by atoms with Gasteiger partial charge in [-0.25, -0.2) is 4.79 Å². The zero-order valence-corrected chi connectivity index (χ0v) is 8.52. The minimum atomic E-state index is -0.565. The second-order valence-corrected chi connectivity index (χ2v) is 3.04. The highest BCUT2D eigenvalue weighted by atomic mass is 16.5. The van der Waals surface area contributed by atoms with Crippen molar-refractivity contribution in [2.24, 2.45) is 0 Å². The van der Waals surface area contributed by atoms with E-state index in [9.17, 15) is 14.4 Å². The number of ketones is 1. The Bertz CT molecular complexity index is 406. The Morgan fingerprint density at radius 3 is 2.60 bits per heavy atom. The van der Waals surface area contributed by atoms with Crippen molar-refractivity contribution < 1.29 is 19.1 Å². The van der Waals surface area contributed by atoms with Crippen LogP contribution in [-0.2, 0) is 16.1 Å². The van der Waals surface area contributed by atoms with E-state index in [4.69, 9.17) is 0 Å². The Labute approximate surface area is 86.6 Å². The summed E-state index contributed by atoms with van der Waals surface area (Å²) in [6.45, 7) is 1.38. The lowest BCUT2D eigenvalue weighted by molar-refractivity contribution is -0.117. The van der Waals surface area contributed by atoms with Gasteiger partial charge < -0.3 is 9.30 Å². The lowest BCUT2D eigenvalue weighted by Crippen LogP contribution is -2.16. The van der Waals surface area contributed by atoms with E-state index in [0.717, 1.165) is 0 Å². The molecule has 0 aliphatic rings. The molecular weight excluding hydrogens is 198 g/mol. The second-order valence-electron chi connectivity index (χ2n) is 3.04. The first-order valence-corrected chi connectivity index (χ1v) is 4.32. The monoisotopic (exact) mass is 209 g/mol. The average Bonchev–Trinajstić information content (AvgIpc) is 2.59. The summed E-state index contributed by atoms with van der Waals surface area (Å²) in [5, 5.41) is 0. The molecule has 0 aromatic carbocycles. The molecule has 0 bridgehead atoms. The van der Waals surface area contributed by atoms with E-state index in [1.165, 1.54) is 30.7 Å². The Morgan fingerprint density at radius 2 is 2.13 bits per heavy atom. The van der Waals surface area contributed by atoms with E-state index >= 15 is 0 Å². The Morgan fingerprint density at radius 1 is 1.47 bits per heavy atom. The topological polar surface area (TPSA) is 65.4 Å². The van der Waals surface area contributed by atoms with Gasteiger partial charge in [-0.3, -0.25) is 9.59 Å². The van der Waals surface area contributed by atoms with Crippen molar-refractivity contribution in [2.75, 3.05) is 7.11 Å². The number of hydrogen-bond acceptors (Lipinski definition) is 4. The van der Waals surface area contributed by atoms with Gasteiger partial charge >= 0.3 is 5.97 Å². The molecule has 5 heteroatoms. The zero-order valence-electron chi connectivity index (χ0n) is 8.52. The highest BCUT2D eigenvalue weighted by Crippen LogP contribution is 2.09. The molecule has 0 spiro atoms. The minimum absolute atomic E-state index is 0.00843. The summed E-state index contributed by atoms with van der Waals surface area (Å²) >= 11 is 0. The predicted molar refractivity (Wildman–Crippen MR) is 51.8 cm³/mol. The number of carbonyl (C=O) groups is 3. The summed E-state index contributed by atoms with van der Waals surface area (Å²) in [6.07, 6.45) is 0.593. The third-order valence-corrected chi connectivity index (χ3v) is 1.91. The maximum atomic E-state index is 11.3. The molecule has 0 saturated heterocycles. The highest BCUT2D eigenvalue weighted by molar-refractivity contribution is 5.90. The molecule has 1 rings (SSSR count). The van der Waals surface area contributed by atoms with Crippen molar-refractivity contribution in [3.05, 3.63) is 23.5 Å². The van der Waals surface area contributed by atoms with Crippen molar-refractivity contribution in [1.82, 2.24) is 4.57 Å². The van der Waals surface area contributed by atoms with Crippen molar-refractivity contribution in [1.29, 1.82) is 0 Å². The van der Waals surface area contributed by atoms with Gasteiger partial charge in [0.25, 0.3) is 0 Å². The molecule has 1 aromatic rings. The first-order valence-electron chi connectivity index (χ1n) is 4.32. The molecule has 0 radical (unpaired) electrons. The number of hydrogen-bond donors (Lipinski definition) is 0. The molecule has 15 heavy (non-hydrogen) atoms. The van der Waals surface area contributed by atoms with Crippen LogP contribution < -0.4 is 0 Å². The fraction of sp³-hybridized carbons (Fsp3) is 0.300. The van der Waals surface area contributed by atoms with Crippen LogP contribution in [0, 0.1) is 0 Å². The molecule has 5 nitrogen and oxygen atoms in total. The van der Waals surface area contributed by atoms with E-state index in [2.05, 4.69) is 4.74 Å². The summed E-state index contributed by atoms with van der Waals surface area (Å²) in [6, 6.07) is 2.93. The number of nitrogens with zero attached hydrogens (tertiary/aromatic N) is 1. The van der Waals surface area contributed by atoms with Crippen molar-refractivity contribution in [3.8, 4) is 0 Å². The smallest absolute Gasteiger partial charge is 0.354 e. The number of ether oxygens (including phenoxy) is 1. The largest absolute Gasteiger partial charge is 0.464 e. The number of aldehydes is 1. The van der Waals surface area contributed by atoms with Crippen LogP contribution in [-0.4, -0.2) is 29.7 Å². The van der Waals surface area contributed by atoms with Crippen molar-refractivity contribution in [3.63, 3.8) is 0 Å². The van der Waals surface area contributed by atoms with Crippen LogP contribution in [0.5, 0.6) is 0 Å². The van der Waals surface area contributed by atoms with Crippen LogP contribution in [0.4, 0.5) is 0 Å². The Balaban J connectivity index is 3.16. The second kappa shape index (κ2) is 4.54. The van der Waals surface area contributed by atoms with E-state index < -0.39 is 5.97 Å². The highest BCUT2D eigenvalue weighted by Gasteiger charge is 2.15. The summed E-state index contributed by atoms with van der Waals surface area (Å²) in [5.41, 5.74) is 0.486. The number of rotatable bonds is 4. The predicted octanol–water partition coefficient (Wildman–Crippen LogP) is 0.676. The number of aromatic nitrogens is 1. The van der Waals surface area contributed by atoms with Crippen LogP contribution in [0.2, 0.25) is 0 Å². The van der Waals surface area contributed by atoms with Gasteiger partial charge in [0.2, 0.25) is 0 Å². The number of esters is 1. The lowest BCUT2D eigenvalue weighted by Gasteiger charge is -2.06. The van der Waals surface area contributed by atoms with Crippen molar-refractivity contribution in [2.45, 2.75) is 13.5 Å². The van der Waals surface area contributed by atoms with Gasteiger partial charge in [0.1, 0.15) is 11.5 Å². The summed E-state index contributed by atoms with van der Waals surface area (Å²) in [5.74, 6) is -0.705. The molecule has 1 heterocycles. The minimum Gasteiger partial charge on any atom is -0.464 e. The van der Waals surface area contributed by atoms with E-state index in [0.29, 0.717) is 6.29 Å². The van der Waals surface area contributed by atoms with Crippen molar-refractivity contribution >= 4 is 18.0 Å². The number of carbonyl (C=O) groups excluding carboxylic acids is 3. The van der Waals surface area contributed by atoms with Gasteiger partial charge in [-0.05, 0) is 19.1 Å².